The maximum atomic E-state index is 13.7. The van der Waals surface area contributed by atoms with Gasteiger partial charge in [-0.25, -0.2) is 4.98 Å². The number of rotatable bonds is 6. The van der Waals surface area contributed by atoms with E-state index < -0.39 is 18.0 Å². The molecule has 28 heavy (non-hydrogen) atoms. The number of aromatic nitrogens is 2. The van der Waals surface area contributed by atoms with Gasteiger partial charge in [0.1, 0.15) is 17.6 Å². The Kier molecular flexibility index (Phi) is 5.65. The fourth-order valence-corrected chi connectivity index (χ4v) is 3.37. The first-order valence-corrected chi connectivity index (χ1v) is 9.22. The van der Waals surface area contributed by atoms with Gasteiger partial charge in [0.05, 0.1) is 5.56 Å². The zero-order valence-corrected chi connectivity index (χ0v) is 16.0. The average Bonchev–Trinajstić information content (AvgIpc) is 3.09. The van der Waals surface area contributed by atoms with E-state index in [1.807, 2.05) is 20.8 Å². The largest absolute Gasteiger partial charge is 0.475 e. The molecule has 150 valence electrons. The standard InChI is InChI=1S/C21H24F3N3O/c1-12(2)10-13(3)19(25)28-18-5-4-14(11-17(18)21(22,23)24)15-6-8-26-20-16(15)7-9-27-20/h4-9,11-13,19H,10,25H2,1-3H3,(H,26,27). The molecule has 0 saturated carbocycles. The molecular weight excluding hydrogens is 367 g/mol. The molecule has 2 atom stereocenters. The minimum Gasteiger partial charge on any atom is -0.475 e. The van der Waals surface area contributed by atoms with E-state index in [4.69, 9.17) is 10.5 Å². The summed E-state index contributed by atoms with van der Waals surface area (Å²) in [4.78, 5) is 7.14. The lowest BCUT2D eigenvalue weighted by Crippen LogP contribution is -2.35. The fraction of sp³-hybridized carbons (Fsp3) is 0.381. The number of halogens is 3. The number of hydrogen-bond donors (Lipinski definition) is 2. The summed E-state index contributed by atoms with van der Waals surface area (Å²) in [5, 5.41) is 0.756. The van der Waals surface area contributed by atoms with Gasteiger partial charge in [-0.1, -0.05) is 26.8 Å². The molecule has 0 bridgehead atoms. The zero-order valence-electron chi connectivity index (χ0n) is 16.0. The topological polar surface area (TPSA) is 63.9 Å². The minimum absolute atomic E-state index is 0.0690. The van der Waals surface area contributed by atoms with E-state index >= 15 is 0 Å². The van der Waals surface area contributed by atoms with Crippen molar-refractivity contribution >= 4 is 11.0 Å². The van der Waals surface area contributed by atoms with Crippen molar-refractivity contribution in [1.82, 2.24) is 9.97 Å². The number of aromatic amines is 1. The highest BCUT2D eigenvalue weighted by molar-refractivity contribution is 5.93. The number of nitrogens with one attached hydrogen (secondary N) is 1. The van der Waals surface area contributed by atoms with Crippen molar-refractivity contribution in [3.05, 3.63) is 48.3 Å². The lowest BCUT2D eigenvalue weighted by atomic mass is 9.97. The number of benzene rings is 1. The Bertz CT molecular complexity index is 949. The number of nitrogens with two attached hydrogens (primary N) is 1. The fourth-order valence-electron chi connectivity index (χ4n) is 3.37. The molecule has 0 aliphatic carbocycles. The Labute approximate surface area is 161 Å². The number of nitrogens with zero attached hydrogens (tertiary/aromatic N) is 1. The predicted octanol–water partition coefficient (Wildman–Crippen LogP) is 5.59. The first-order valence-electron chi connectivity index (χ1n) is 9.22. The Morgan fingerprint density at radius 2 is 1.89 bits per heavy atom. The molecule has 0 spiro atoms. The SMILES string of the molecule is CC(C)CC(C)C(N)Oc1ccc(-c2ccnc3[nH]ccc23)cc1C(F)(F)F. The van der Waals surface area contributed by atoms with Crippen molar-refractivity contribution in [3.8, 4) is 16.9 Å². The summed E-state index contributed by atoms with van der Waals surface area (Å²) in [6.45, 7) is 5.96. The van der Waals surface area contributed by atoms with Crippen molar-refractivity contribution in [2.45, 2.75) is 39.6 Å². The van der Waals surface area contributed by atoms with Gasteiger partial charge in [-0.15, -0.1) is 0 Å². The lowest BCUT2D eigenvalue weighted by molar-refractivity contribution is -0.139. The van der Waals surface area contributed by atoms with Crippen LogP contribution in [0.2, 0.25) is 0 Å². The van der Waals surface area contributed by atoms with Crippen LogP contribution < -0.4 is 10.5 Å². The summed E-state index contributed by atoms with van der Waals surface area (Å²) in [5.41, 5.74) is 6.91. The van der Waals surface area contributed by atoms with Gasteiger partial charge in [0.25, 0.3) is 0 Å². The summed E-state index contributed by atoms with van der Waals surface area (Å²) in [7, 11) is 0. The molecule has 3 N–H and O–H groups in total. The molecule has 0 aliphatic rings. The van der Waals surface area contributed by atoms with Crippen LogP contribution in [0, 0.1) is 11.8 Å². The maximum absolute atomic E-state index is 13.7. The van der Waals surface area contributed by atoms with Gasteiger partial charge in [0.15, 0.2) is 0 Å². The van der Waals surface area contributed by atoms with E-state index in [1.54, 1.807) is 30.6 Å². The van der Waals surface area contributed by atoms with Crippen LogP contribution in [-0.4, -0.2) is 16.2 Å². The summed E-state index contributed by atoms with van der Waals surface area (Å²) in [6, 6.07) is 7.56. The van der Waals surface area contributed by atoms with Crippen molar-refractivity contribution < 1.29 is 17.9 Å². The number of H-pyrrole nitrogens is 1. The van der Waals surface area contributed by atoms with Gasteiger partial charge in [-0.3, -0.25) is 5.73 Å². The van der Waals surface area contributed by atoms with Crippen LogP contribution in [0.15, 0.2) is 42.7 Å². The first kappa shape index (κ1) is 20.2. The van der Waals surface area contributed by atoms with Crippen LogP contribution in [0.25, 0.3) is 22.2 Å². The summed E-state index contributed by atoms with van der Waals surface area (Å²) in [5.74, 6) is 0.0590. The summed E-state index contributed by atoms with van der Waals surface area (Å²) in [6.07, 6.45) is -1.33. The highest BCUT2D eigenvalue weighted by Gasteiger charge is 2.35. The Morgan fingerprint density at radius 1 is 1.14 bits per heavy atom. The Balaban J connectivity index is 1.98. The van der Waals surface area contributed by atoms with E-state index in [1.165, 1.54) is 6.07 Å². The van der Waals surface area contributed by atoms with Gasteiger partial charge in [0.2, 0.25) is 0 Å². The molecular formula is C21H24F3N3O. The molecule has 3 aromatic rings. The lowest BCUT2D eigenvalue weighted by Gasteiger charge is -2.24. The van der Waals surface area contributed by atoms with E-state index in [0.29, 0.717) is 22.7 Å². The molecule has 0 aliphatic heterocycles. The van der Waals surface area contributed by atoms with Gasteiger partial charge in [-0.2, -0.15) is 13.2 Å². The monoisotopic (exact) mass is 391 g/mol. The molecule has 0 amide bonds. The molecule has 2 heterocycles. The van der Waals surface area contributed by atoms with Gasteiger partial charge < -0.3 is 9.72 Å². The Hall–Kier alpha value is -2.54. The highest BCUT2D eigenvalue weighted by Crippen LogP contribution is 2.40. The third kappa shape index (κ3) is 4.30. The number of pyridine rings is 1. The zero-order chi connectivity index (χ0) is 20.5. The molecule has 0 fully saturated rings. The second-order valence-electron chi connectivity index (χ2n) is 7.50. The maximum Gasteiger partial charge on any atom is 0.419 e. The molecule has 0 radical (unpaired) electrons. The molecule has 3 rings (SSSR count). The average molecular weight is 391 g/mol. The van der Waals surface area contributed by atoms with Crippen molar-refractivity contribution in [2.75, 3.05) is 0 Å². The van der Waals surface area contributed by atoms with Crippen molar-refractivity contribution in [3.63, 3.8) is 0 Å². The van der Waals surface area contributed by atoms with Crippen LogP contribution in [0.1, 0.15) is 32.8 Å². The molecule has 4 nitrogen and oxygen atoms in total. The summed E-state index contributed by atoms with van der Waals surface area (Å²) < 4.78 is 46.7. The second kappa shape index (κ2) is 7.83. The van der Waals surface area contributed by atoms with Gasteiger partial charge in [-0.05, 0) is 47.7 Å². The third-order valence-electron chi connectivity index (χ3n) is 4.72. The quantitative estimate of drug-likeness (QED) is 0.538. The van der Waals surface area contributed by atoms with Crippen LogP contribution >= 0.6 is 0 Å². The minimum atomic E-state index is -4.56. The van der Waals surface area contributed by atoms with Gasteiger partial charge in [0, 0.05) is 23.7 Å². The van der Waals surface area contributed by atoms with Gasteiger partial charge >= 0.3 is 6.18 Å². The van der Waals surface area contributed by atoms with E-state index in [9.17, 15) is 13.2 Å². The van der Waals surface area contributed by atoms with Crippen LogP contribution in [0.3, 0.4) is 0 Å². The van der Waals surface area contributed by atoms with Crippen LogP contribution in [0.5, 0.6) is 5.75 Å². The van der Waals surface area contributed by atoms with Crippen LogP contribution in [0.4, 0.5) is 13.2 Å². The molecule has 1 aromatic carbocycles. The van der Waals surface area contributed by atoms with E-state index in [-0.39, 0.29) is 11.7 Å². The normalized spacial score (nSPS) is 14.4. The predicted molar refractivity (Wildman–Crippen MR) is 104 cm³/mol. The smallest absolute Gasteiger partial charge is 0.419 e. The summed E-state index contributed by atoms with van der Waals surface area (Å²) >= 11 is 0. The second-order valence-corrected chi connectivity index (χ2v) is 7.50. The molecule has 7 heteroatoms. The van der Waals surface area contributed by atoms with Crippen LogP contribution in [-0.2, 0) is 6.18 Å². The number of fused-ring (bicyclic) bond motifs is 1. The third-order valence-corrected chi connectivity index (χ3v) is 4.72. The van der Waals surface area contributed by atoms with E-state index in [0.717, 1.165) is 17.9 Å². The van der Waals surface area contributed by atoms with Crippen molar-refractivity contribution in [2.24, 2.45) is 17.6 Å². The number of hydrogen-bond acceptors (Lipinski definition) is 3. The Morgan fingerprint density at radius 3 is 2.57 bits per heavy atom. The van der Waals surface area contributed by atoms with E-state index in [2.05, 4.69) is 9.97 Å². The van der Waals surface area contributed by atoms with Crippen molar-refractivity contribution in [1.29, 1.82) is 0 Å². The highest BCUT2D eigenvalue weighted by atomic mass is 19.4. The number of ether oxygens (including phenoxy) is 1. The molecule has 2 unspecified atom stereocenters. The first-order chi connectivity index (χ1) is 13.2. The molecule has 0 saturated heterocycles. The molecule has 2 aromatic heterocycles. The number of alkyl halides is 3.